The van der Waals surface area contributed by atoms with Crippen molar-refractivity contribution < 1.29 is 13.2 Å². The van der Waals surface area contributed by atoms with Crippen LogP contribution in [-0.2, 0) is 15.4 Å². The van der Waals surface area contributed by atoms with E-state index in [4.69, 9.17) is 0 Å². The zero-order valence-corrected chi connectivity index (χ0v) is 20.8. The number of pyridine rings is 1. The first-order chi connectivity index (χ1) is 16.1. The monoisotopic (exact) mass is 480 g/mol. The summed E-state index contributed by atoms with van der Waals surface area (Å²) < 4.78 is 28.0. The molecule has 3 aromatic rings. The van der Waals surface area contributed by atoms with Crippen LogP contribution in [0.4, 0.5) is 0 Å². The third-order valence-corrected chi connectivity index (χ3v) is 9.52. The quantitative estimate of drug-likeness (QED) is 0.614. The van der Waals surface area contributed by atoms with Gasteiger partial charge in [-0.2, -0.15) is 0 Å². The molecule has 4 heterocycles. The van der Waals surface area contributed by atoms with Crippen molar-refractivity contribution in [3.63, 3.8) is 0 Å². The lowest BCUT2D eigenvalue weighted by atomic mass is 9.86. The number of carbonyl (C=O) groups excluding carboxylic acids is 1. The fourth-order valence-electron chi connectivity index (χ4n) is 5.03. The molecule has 2 aliphatic rings. The smallest absolute Gasteiger partial charge is 0.253 e. The number of piperidine rings is 1. The lowest BCUT2D eigenvalue weighted by molar-refractivity contribution is 0.0654. The molecule has 0 unspecified atom stereocenters. The number of sulfonamides is 1. The van der Waals surface area contributed by atoms with E-state index in [1.165, 1.54) is 11.1 Å². The molecule has 180 valence electrons. The minimum Gasteiger partial charge on any atom is -0.346 e. The van der Waals surface area contributed by atoms with E-state index in [2.05, 4.69) is 36.8 Å². The topological polar surface area (TPSA) is 86.4 Å². The Morgan fingerprint density at radius 1 is 1.06 bits per heavy atom. The van der Waals surface area contributed by atoms with Crippen molar-refractivity contribution in [3.8, 4) is 0 Å². The molecule has 1 amide bonds. The lowest BCUT2D eigenvalue weighted by Crippen LogP contribution is -2.60. The summed E-state index contributed by atoms with van der Waals surface area (Å²) in [5, 5.41) is 0.603. The predicted octanol–water partition coefficient (Wildman–Crippen LogP) is 3.89. The summed E-state index contributed by atoms with van der Waals surface area (Å²) in [5.41, 5.74) is 3.90. The number of hydrogen-bond acceptors (Lipinski definition) is 4. The van der Waals surface area contributed by atoms with Gasteiger partial charge in [0.25, 0.3) is 5.91 Å². The molecule has 0 radical (unpaired) electrons. The Hall–Kier alpha value is -2.71. The summed E-state index contributed by atoms with van der Waals surface area (Å²) in [6.45, 7) is 7.95. The molecule has 0 bridgehead atoms. The van der Waals surface area contributed by atoms with Gasteiger partial charge >= 0.3 is 0 Å². The van der Waals surface area contributed by atoms with Crippen molar-refractivity contribution in [3.05, 3.63) is 65.5 Å². The van der Waals surface area contributed by atoms with Crippen molar-refractivity contribution >= 4 is 27.0 Å². The second-order valence-electron chi connectivity index (χ2n) is 10.5. The number of H-pyrrole nitrogens is 1. The molecule has 0 aliphatic carbocycles. The number of likely N-dealkylation sites (tertiary alicyclic amines) is 1. The van der Waals surface area contributed by atoms with Gasteiger partial charge in [0.1, 0.15) is 10.9 Å². The number of amides is 1. The highest BCUT2D eigenvalue weighted by Crippen LogP contribution is 2.34. The van der Waals surface area contributed by atoms with E-state index in [0.29, 0.717) is 24.6 Å². The molecule has 0 atom stereocenters. The molecule has 1 aromatic carbocycles. The van der Waals surface area contributed by atoms with Crippen LogP contribution in [0.15, 0.2) is 48.8 Å². The number of rotatable bonds is 4. The SMILES string of the molecule is CC(C)(C)c1ccc(C(=O)N2CC(S(=O)(=O)N3CCC(c4c[nH]c5ncccc45)CC3)C2)cc1. The summed E-state index contributed by atoms with van der Waals surface area (Å²) >= 11 is 0. The maximum absolute atomic E-state index is 13.2. The Balaban J connectivity index is 1.18. The van der Waals surface area contributed by atoms with E-state index in [-0.39, 0.29) is 24.4 Å². The normalized spacial score (nSPS) is 18.9. The minimum atomic E-state index is -3.42. The average Bonchev–Trinajstić information content (AvgIpc) is 3.22. The zero-order valence-electron chi connectivity index (χ0n) is 20.0. The first-order valence-electron chi connectivity index (χ1n) is 12.0. The fourth-order valence-corrected chi connectivity index (χ4v) is 6.91. The molecule has 2 aromatic heterocycles. The minimum absolute atomic E-state index is 0.0239. The van der Waals surface area contributed by atoms with E-state index in [1.807, 2.05) is 36.5 Å². The Morgan fingerprint density at radius 2 is 1.74 bits per heavy atom. The summed E-state index contributed by atoms with van der Waals surface area (Å²) in [4.78, 5) is 22.0. The van der Waals surface area contributed by atoms with Crippen LogP contribution < -0.4 is 0 Å². The van der Waals surface area contributed by atoms with Gasteiger partial charge in [-0.05, 0) is 59.6 Å². The Morgan fingerprint density at radius 3 is 2.38 bits per heavy atom. The van der Waals surface area contributed by atoms with Crippen LogP contribution in [0.5, 0.6) is 0 Å². The number of carbonyl (C=O) groups is 1. The largest absolute Gasteiger partial charge is 0.346 e. The molecule has 2 aliphatic heterocycles. The highest BCUT2D eigenvalue weighted by Gasteiger charge is 2.44. The number of nitrogens with one attached hydrogen (secondary N) is 1. The molecular formula is C26H32N4O3S. The Bertz CT molecular complexity index is 1290. The van der Waals surface area contributed by atoms with E-state index >= 15 is 0 Å². The van der Waals surface area contributed by atoms with Crippen molar-refractivity contribution in [1.29, 1.82) is 0 Å². The van der Waals surface area contributed by atoms with E-state index in [0.717, 1.165) is 23.9 Å². The molecule has 7 nitrogen and oxygen atoms in total. The maximum Gasteiger partial charge on any atom is 0.253 e. The molecule has 2 saturated heterocycles. The van der Waals surface area contributed by atoms with Crippen molar-refractivity contribution in [2.24, 2.45) is 0 Å². The number of nitrogens with zero attached hydrogens (tertiary/aromatic N) is 3. The third-order valence-electron chi connectivity index (χ3n) is 7.29. The lowest BCUT2D eigenvalue weighted by Gasteiger charge is -2.42. The van der Waals surface area contributed by atoms with Crippen molar-refractivity contribution in [2.45, 2.75) is 50.2 Å². The number of benzene rings is 1. The van der Waals surface area contributed by atoms with Gasteiger partial charge in [-0.1, -0.05) is 32.9 Å². The standard InChI is InChI=1S/C26H32N4O3S/c1-26(2,3)20-8-6-19(7-9-20)25(31)29-16-21(17-29)34(32,33)30-13-10-18(11-14-30)23-15-28-24-22(23)5-4-12-27-24/h4-9,12,15,18,21H,10-11,13-14,16-17H2,1-3H3,(H,27,28). The second-order valence-corrected chi connectivity index (χ2v) is 12.7. The predicted molar refractivity (Wildman–Crippen MR) is 133 cm³/mol. The Labute approximate surface area is 201 Å². The molecule has 1 N–H and O–H groups in total. The summed E-state index contributed by atoms with van der Waals surface area (Å²) in [5.74, 6) is 0.221. The number of fused-ring (bicyclic) bond motifs is 1. The van der Waals surface area contributed by atoms with Crippen molar-refractivity contribution in [2.75, 3.05) is 26.2 Å². The van der Waals surface area contributed by atoms with Crippen LogP contribution in [0.3, 0.4) is 0 Å². The third kappa shape index (κ3) is 4.14. The van der Waals surface area contributed by atoms with Gasteiger partial charge in [0.15, 0.2) is 0 Å². The van der Waals surface area contributed by atoms with E-state index in [1.54, 1.807) is 15.4 Å². The molecule has 34 heavy (non-hydrogen) atoms. The van der Waals surface area contributed by atoms with E-state index < -0.39 is 15.3 Å². The first-order valence-corrected chi connectivity index (χ1v) is 13.5. The molecule has 0 spiro atoms. The molecule has 2 fully saturated rings. The van der Waals surface area contributed by atoms with Gasteiger partial charge in [0, 0.05) is 49.5 Å². The molecule has 5 rings (SSSR count). The van der Waals surface area contributed by atoms with Crippen molar-refractivity contribution in [1.82, 2.24) is 19.2 Å². The highest BCUT2D eigenvalue weighted by molar-refractivity contribution is 7.89. The number of hydrogen-bond donors (Lipinski definition) is 1. The summed E-state index contributed by atoms with van der Waals surface area (Å²) in [6.07, 6.45) is 5.36. The van der Waals surface area contributed by atoms with E-state index in [9.17, 15) is 13.2 Å². The molecule has 0 saturated carbocycles. The summed E-state index contributed by atoms with van der Waals surface area (Å²) in [6, 6.07) is 11.6. The van der Waals surface area contributed by atoms with Crippen LogP contribution in [-0.4, -0.2) is 64.9 Å². The second kappa shape index (κ2) is 8.50. The van der Waals surface area contributed by atoms with Gasteiger partial charge in [-0.15, -0.1) is 0 Å². The zero-order chi connectivity index (χ0) is 24.1. The van der Waals surface area contributed by atoms with Crippen LogP contribution in [0.1, 0.15) is 61.0 Å². The number of aromatic nitrogens is 2. The first kappa shape index (κ1) is 23.1. The Kier molecular flexibility index (Phi) is 5.76. The number of aromatic amines is 1. The average molecular weight is 481 g/mol. The van der Waals surface area contributed by atoms with Gasteiger partial charge < -0.3 is 9.88 Å². The maximum atomic E-state index is 13.2. The molecule has 8 heteroatoms. The van der Waals surface area contributed by atoms with Crippen LogP contribution in [0, 0.1) is 0 Å². The fraction of sp³-hybridized carbons (Fsp3) is 0.462. The van der Waals surface area contributed by atoms with Gasteiger partial charge in [0.05, 0.1) is 0 Å². The van der Waals surface area contributed by atoms with Gasteiger partial charge in [-0.3, -0.25) is 4.79 Å². The summed E-state index contributed by atoms with van der Waals surface area (Å²) in [7, 11) is -3.42. The van der Waals surface area contributed by atoms with Crippen LogP contribution in [0.25, 0.3) is 11.0 Å². The van der Waals surface area contributed by atoms with Crippen LogP contribution in [0.2, 0.25) is 0 Å². The van der Waals surface area contributed by atoms with Gasteiger partial charge in [-0.25, -0.2) is 17.7 Å². The van der Waals surface area contributed by atoms with Crippen LogP contribution >= 0.6 is 0 Å². The van der Waals surface area contributed by atoms with Gasteiger partial charge in [0.2, 0.25) is 10.0 Å². The molecular weight excluding hydrogens is 448 g/mol. The highest BCUT2D eigenvalue weighted by atomic mass is 32.2.